The zero-order valence-corrected chi connectivity index (χ0v) is 24.0. The molecule has 0 aromatic rings. The molecule has 0 saturated carbocycles. The summed E-state index contributed by atoms with van der Waals surface area (Å²) in [6.07, 6.45) is -0.560. The number of aliphatic hydroxyl groups excluding tert-OH is 4. The lowest BCUT2D eigenvalue weighted by atomic mass is 10.2. The third-order valence-corrected chi connectivity index (χ3v) is 6.36. The second-order valence-corrected chi connectivity index (χ2v) is 12.9. The van der Waals surface area contributed by atoms with Crippen LogP contribution in [-0.2, 0) is 40.5 Å². The molecular weight excluding hydrogens is 576 g/mol. The van der Waals surface area contributed by atoms with Gasteiger partial charge in [-0.1, -0.05) is 27.7 Å². The molecule has 0 aromatic carbocycles. The van der Waals surface area contributed by atoms with Gasteiger partial charge in [-0.3, -0.25) is 18.2 Å². The molecule has 36 heavy (non-hydrogen) atoms. The average Bonchev–Trinajstić information content (AvgIpc) is 2.65. The van der Waals surface area contributed by atoms with Gasteiger partial charge < -0.3 is 20.4 Å². The zero-order chi connectivity index (χ0) is 30.2. The molecule has 2 unspecified atom stereocenters. The molecule has 8 N–H and O–H groups in total. The van der Waals surface area contributed by atoms with Crippen molar-refractivity contribution in [3.8, 4) is 0 Å². The average molecular weight is 619 g/mol. The van der Waals surface area contributed by atoms with E-state index in [9.17, 15) is 33.7 Å². The number of hydrogen-bond donors (Lipinski definition) is 8. The maximum Gasteiger partial charge on any atom is 0.264 e. The Labute approximate surface area is 214 Å². The van der Waals surface area contributed by atoms with Gasteiger partial charge in [0, 0.05) is 0 Å². The Bertz CT molecular complexity index is 752. The van der Waals surface area contributed by atoms with Gasteiger partial charge in [0.2, 0.25) is 0 Å². The van der Waals surface area contributed by atoms with Crippen LogP contribution in [0, 0.1) is 0 Å². The van der Waals surface area contributed by atoms with Crippen LogP contribution in [0.4, 0.5) is 0 Å². The minimum absolute atomic E-state index is 0.132. The van der Waals surface area contributed by atoms with Crippen LogP contribution in [0.2, 0.25) is 0 Å². The van der Waals surface area contributed by atoms with Crippen molar-refractivity contribution in [1.82, 2.24) is 0 Å². The first-order chi connectivity index (χ1) is 16.0. The fourth-order valence-corrected chi connectivity index (χ4v) is 3.34. The molecular formula is C16H42O16S4. The maximum atomic E-state index is 9.79. The van der Waals surface area contributed by atoms with Gasteiger partial charge in [0.25, 0.3) is 40.5 Å². The molecule has 0 saturated heterocycles. The van der Waals surface area contributed by atoms with Crippen molar-refractivity contribution in [1.29, 1.82) is 0 Å². The summed E-state index contributed by atoms with van der Waals surface area (Å²) in [6, 6.07) is 0. The van der Waals surface area contributed by atoms with Crippen LogP contribution in [0.1, 0.15) is 53.4 Å². The van der Waals surface area contributed by atoms with Crippen molar-refractivity contribution < 1.29 is 72.3 Å². The molecule has 0 heterocycles. The van der Waals surface area contributed by atoms with E-state index in [0.717, 1.165) is 0 Å². The summed E-state index contributed by atoms with van der Waals surface area (Å²) in [6.45, 7) is 5.70. The molecule has 0 aliphatic rings. The first-order valence-electron chi connectivity index (χ1n) is 10.3. The van der Waals surface area contributed by atoms with E-state index in [4.69, 9.17) is 38.6 Å². The Morgan fingerprint density at radius 3 is 0.611 bits per heavy atom. The highest BCUT2D eigenvalue weighted by molar-refractivity contribution is 7.86. The molecule has 0 aromatic heterocycles. The smallest absolute Gasteiger partial charge is 0.264 e. The van der Waals surface area contributed by atoms with E-state index in [1.807, 2.05) is 0 Å². The van der Waals surface area contributed by atoms with E-state index in [2.05, 4.69) is 0 Å². The Kier molecular flexibility index (Phi) is 31.3. The Balaban J connectivity index is -0.000000111. The highest BCUT2D eigenvalue weighted by atomic mass is 32.2. The third-order valence-electron chi connectivity index (χ3n) is 2.67. The van der Waals surface area contributed by atoms with Crippen molar-refractivity contribution in [2.75, 3.05) is 36.2 Å². The molecule has 2 atom stereocenters. The van der Waals surface area contributed by atoms with E-state index in [-0.39, 0.29) is 23.0 Å². The summed E-state index contributed by atoms with van der Waals surface area (Å²) in [5, 5.41) is 33.2. The fourth-order valence-electron chi connectivity index (χ4n) is 1.28. The first-order valence-corrected chi connectivity index (χ1v) is 16.8. The molecule has 16 nitrogen and oxygen atoms in total. The SMILES string of the molecule is CCCS(=O)(=O)O.CCCS(=O)(=O)O.CCCS(=O)(=O)O.CCCS(=O)(=O)O.OCC(O)C(O)CO. The highest BCUT2D eigenvalue weighted by Gasteiger charge is 2.12. The molecule has 0 aliphatic carbocycles. The number of hydrogen-bond acceptors (Lipinski definition) is 12. The summed E-state index contributed by atoms with van der Waals surface area (Å²) in [4.78, 5) is 0. The van der Waals surface area contributed by atoms with Crippen molar-refractivity contribution in [2.45, 2.75) is 65.6 Å². The number of rotatable bonds is 11. The van der Waals surface area contributed by atoms with Gasteiger partial charge in [-0.15, -0.1) is 0 Å². The van der Waals surface area contributed by atoms with Gasteiger partial charge in [-0.25, -0.2) is 0 Å². The summed E-state index contributed by atoms with van der Waals surface area (Å²) in [5.41, 5.74) is 0. The molecule has 0 rings (SSSR count). The third kappa shape index (κ3) is 64.1. The Morgan fingerprint density at radius 1 is 0.444 bits per heavy atom. The summed E-state index contributed by atoms with van der Waals surface area (Å²) in [5.74, 6) is -0.528. The van der Waals surface area contributed by atoms with Gasteiger partial charge in [-0.05, 0) is 25.7 Å². The molecule has 0 spiro atoms. The van der Waals surface area contributed by atoms with Crippen LogP contribution < -0.4 is 0 Å². The summed E-state index contributed by atoms with van der Waals surface area (Å²) >= 11 is 0. The standard InChI is InChI=1S/C4H10O4.4C3H8O3S/c5-1-3(7)4(8)2-6;4*1-2-3-7(4,5)6/h3-8H,1-2H2;4*2-3H2,1H3,(H,4,5,6). The predicted molar refractivity (Wildman–Crippen MR) is 133 cm³/mol. The van der Waals surface area contributed by atoms with Crippen LogP contribution in [0.3, 0.4) is 0 Å². The lowest BCUT2D eigenvalue weighted by molar-refractivity contribution is -0.0388. The van der Waals surface area contributed by atoms with Gasteiger partial charge in [-0.2, -0.15) is 33.7 Å². The summed E-state index contributed by atoms with van der Waals surface area (Å²) < 4.78 is 110. The van der Waals surface area contributed by atoms with Crippen molar-refractivity contribution >= 4 is 40.5 Å². The molecule has 0 fully saturated rings. The Hall–Kier alpha value is -0.520. The fraction of sp³-hybridized carbons (Fsp3) is 1.00. The maximum absolute atomic E-state index is 9.79. The van der Waals surface area contributed by atoms with Gasteiger partial charge in [0.15, 0.2) is 0 Å². The summed E-state index contributed by atoms with van der Waals surface area (Å²) in [7, 11) is -14.7. The van der Waals surface area contributed by atoms with E-state index in [1.54, 1.807) is 27.7 Å². The van der Waals surface area contributed by atoms with Crippen molar-refractivity contribution in [3.63, 3.8) is 0 Å². The molecule has 0 bridgehead atoms. The lowest BCUT2D eigenvalue weighted by Crippen LogP contribution is -2.31. The first kappa shape index (κ1) is 45.4. The van der Waals surface area contributed by atoms with Crippen LogP contribution >= 0.6 is 0 Å². The van der Waals surface area contributed by atoms with E-state index in [0.29, 0.717) is 25.7 Å². The minimum Gasteiger partial charge on any atom is -0.394 e. The lowest BCUT2D eigenvalue weighted by Gasteiger charge is -2.10. The quantitative estimate of drug-likeness (QED) is 0.126. The van der Waals surface area contributed by atoms with Gasteiger partial charge >= 0.3 is 0 Å². The normalized spacial score (nSPS) is 13.1. The monoisotopic (exact) mass is 618 g/mol. The van der Waals surface area contributed by atoms with E-state index in [1.165, 1.54) is 0 Å². The van der Waals surface area contributed by atoms with Crippen molar-refractivity contribution in [3.05, 3.63) is 0 Å². The van der Waals surface area contributed by atoms with E-state index < -0.39 is 65.9 Å². The molecule has 20 heteroatoms. The second-order valence-electron chi connectivity index (χ2n) is 6.64. The van der Waals surface area contributed by atoms with E-state index >= 15 is 0 Å². The van der Waals surface area contributed by atoms with Crippen LogP contribution in [-0.4, -0.2) is 121 Å². The van der Waals surface area contributed by atoms with Crippen molar-refractivity contribution in [2.24, 2.45) is 0 Å². The molecule has 0 aliphatic heterocycles. The minimum atomic E-state index is -3.67. The highest BCUT2D eigenvalue weighted by Crippen LogP contribution is 1.88. The van der Waals surface area contributed by atoms with Crippen LogP contribution in [0.5, 0.6) is 0 Å². The van der Waals surface area contributed by atoms with Gasteiger partial charge in [0.1, 0.15) is 12.2 Å². The largest absolute Gasteiger partial charge is 0.394 e. The predicted octanol–water partition coefficient (Wildman–Crippen LogP) is -1.17. The molecule has 226 valence electrons. The topological polar surface area (TPSA) is 298 Å². The van der Waals surface area contributed by atoms with Crippen LogP contribution in [0.15, 0.2) is 0 Å². The number of aliphatic hydroxyl groups is 4. The second kappa shape index (κ2) is 24.8. The molecule has 0 radical (unpaired) electrons. The van der Waals surface area contributed by atoms with Crippen LogP contribution in [0.25, 0.3) is 0 Å². The van der Waals surface area contributed by atoms with Gasteiger partial charge in [0.05, 0.1) is 36.2 Å². The zero-order valence-electron chi connectivity index (χ0n) is 20.7. The molecule has 0 amide bonds. The Morgan fingerprint density at radius 2 is 0.583 bits per heavy atom.